The van der Waals surface area contributed by atoms with Gasteiger partial charge in [0.25, 0.3) is 0 Å². The van der Waals surface area contributed by atoms with Crippen molar-refractivity contribution < 1.29 is 19.0 Å². The first-order valence-electron chi connectivity index (χ1n) is 8.47. The van der Waals surface area contributed by atoms with Gasteiger partial charge >= 0.3 is 5.97 Å². The van der Waals surface area contributed by atoms with Crippen molar-refractivity contribution in [3.63, 3.8) is 0 Å². The van der Waals surface area contributed by atoms with E-state index in [1.54, 1.807) is 6.07 Å². The summed E-state index contributed by atoms with van der Waals surface area (Å²) in [5.74, 6) is 0.938. The SMILES string of the molecule is CCCOC(=O)c1c(Cc2cc3c(cc2Cl)OCO3)nn(CC)c1SC. The minimum absolute atomic E-state index is 0.185. The Morgan fingerprint density at radius 2 is 2.08 bits per heavy atom. The highest BCUT2D eigenvalue weighted by molar-refractivity contribution is 7.98. The van der Waals surface area contributed by atoms with Crippen molar-refractivity contribution in [2.45, 2.75) is 38.3 Å². The molecule has 0 fully saturated rings. The van der Waals surface area contributed by atoms with Crippen LogP contribution in [0.15, 0.2) is 17.2 Å². The Morgan fingerprint density at radius 1 is 1.35 bits per heavy atom. The number of nitrogens with zero attached hydrogens (tertiary/aromatic N) is 2. The van der Waals surface area contributed by atoms with Crippen LogP contribution >= 0.6 is 23.4 Å². The Kier molecular flexibility index (Phi) is 5.98. The van der Waals surface area contributed by atoms with Crippen LogP contribution in [0.4, 0.5) is 0 Å². The number of rotatable bonds is 7. The molecule has 0 atom stereocenters. The molecule has 0 spiro atoms. The lowest BCUT2D eigenvalue weighted by molar-refractivity contribution is 0.0499. The van der Waals surface area contributed by atoms with E-state index in [1.807, 2.05) is 30.9 Å². The Balaban J connectivity index is 1.99. The summed E-state index contributed by atoms with van der Waals surface area (Å²) in [6.45, 7) is 5.19. The number of carbonyl (C=O) groups is 1. The molecule has 1 aliphatic heterocycles. The van der Waals surface area contributed by atoms with Gasteiger partial charge in [0.05, 0.1) is 12.3 Å². The maximum Gasteiger partial charge on any atom is 0.342 e. The van der Waals surface area contributed by atoms with Crippen molar-refractivity contribution >= 4 is 29.3 Å². The Morgan fingerprint density at radius 3 is 2.73 bits per heavy atom. The van der Waals surface area contributed by atoms with Gasteiger partial charge in [-0.05, 0) is 31.2 Å². The molecular weight excluding hydrogens is 376 g/mol. The van der Waals surface area contributed by atoms with Crippen LogP contribution in [0, 0.1) is 0 Å². The minimum Gasteiger partial charge on any atom is -0.462 e. The number of aryl methyl sites for hydroxylation is 1. The monoisotopic (exact) mass is 396 g/mol. The smallest absolute Gasteiger partial charge is 0.342 e. The molecule has 0 bridgehead atoms. The summed E-state index contributed by atoms with van der Waals surface area (Å²) in [5, 5.41) is 5.98. The number of esters is 1. The van der Waals surface area contributed by atoms with E-state index in [0.717, 1.165) is 17.0 Å². The highest BCUT2D eigenvalue weighted by atomic mass is 35.5. The molecule has 2 aromatic rings. The van der Waals surface area contributed by atoms with E-state index in [9.17, 15) is 4.79 Å². The first kappa shape index (κ1) is 18.9. The van der Waals surface area contributed by atoms with Gasteiger partial charge in [-0.15, -0.1) is 11.8 Å². The number of thioether (sulfide) groups is 1. The Hall–Kier alpha value is -1.86. The van der Waals surface area contributed by atoms with Crippen molar-refractivity contribution in [1.82, 2.24) is 9.78 Å². The first-order chi connectivity index (χ1) is 12.6. The zero-order valence-corrected chi connectivity index (χ0v) is 16.6. The van der Waals surface area contributed by atoms with Gasteiger partial charge in [-0.25, -0.2) is 4.79 Å². The van der Waals surface area contributed by atoms with Crippen LogP contribution in [-0.4, -0.2) is 35.4 Å². The number of ether oxygens (including phenoxy) is 3. The number of hydrogen-bond acceptors (Lipinski definition) is 6. The second kappa shape index (κ2) is 8.22. The summed E-state index contributed by atoms with van der Waals surface area (Å²) < 4.78 is 18.0. The van der Waals surface area contributed by atoms with Gasteiger partial charge in [-0.1, -0.05) is 18.5 Å². The second-order valence-electron chi connectivity index (χ2n) is 5.76. The normalized spacial score (nSPS) is 12.5. The summed E-state index contributed by atoms with van der Waals surface area (Å²) in [5.41, 5.74) is 1.99. The zero-order chi connectivity index (χ0) is 18.7. The molecule has 0 saturated carbocycles. The van der Waals surface area contributed by atoms with Crippen LogP contribution in [0.25, 0.3) is 0 Å². The van der Waals surface area contributed by atoms with Gasteiger partial charge in [-0.3, -0.25) is 4.68 Å². The average molecular weight is 397 g/mol. The van der Waals surface area contributed by atoms with Crippen molar-refractivity contribution in [2.75, 3.05) is 19.7 Å². The molecule has 2 heterocycles. The maximum atomic E-state index is 12.6. The number of hydrogen-bond donors (Lipinski definition) is 0. The number of carbonyl (C=O) groups excluding carboxylic acids is 1. The van der Waals surface area contributed by atoms with Crippen molar-refractivity contribution in [3.05, 3.63) is 34.0 Å². The van der Waals surface area contributed by atoms with E-state index >= 15 is 0 Å². The molecule has 0 N–H and O–H groups in total. The summed E-state index contributed by atoms with van der Waals surface area (Å²) in [6.07, 6.45) is 3.11. The van der Waals surface area contributed by atoms with Crippen LogP contribution in [0.1, 0.15) is 41.9 Å². The molecule has 1 aromatic heterocycles. The van der Waals surface area contributed by atoms with E-state index in [-0.39, 0.29) is 12.8 Å². The molecule has 8 heteroatoms. The highest BCUT2D eigenvalue weighted by Crippen LogP contribution is 2.38. The molecule has 1 aliphatic rings. The van der Waals surface area contributed by atoms with Crippen LogP contribution in [-0.2, 0) is 17.7 Å². The molecule has 3 rings (SSSR count). The quantitative estimate of drug-likeness (QED) is 0.517. The molecule has 0 saturated heterocycles. The zero-order valence-electron chi connectivity index (χ0n) is 15.0. The van der Waals surface area contributed by atoms with E-state index in [2.05, 4.69) is 5.10 Å². The summed E-state index contributed by atoms with van der Waals surface area (Å²) in [6, 6.07) is 3.58. The van der Waals surface area contributed by atoms with Crippen LogP contribution in [0.5, 0.6) is 11.5 Å². The predicted molar refractivity (Wildman–Crippen MR) is 101 cm³/mol. The molecule has 1 aromatic carbocycles. The van der Waals surface area contributed by atoms with Gasteiger partial charge in [0.1, 0.15) is 10.6 Å². The van der Waals surface area contributed by atoms with Crippen molar-refractivity contribution in [3.8, 4) is 11.5 Å². The van der Waals surface area contributed by atoms with Crippen LogP contribution in [0.3, 0.4) is 0 Å². The van der Waals surface area contributed by atoms with Crippen molar-refractivity contribution in [2.24, 2.45) is 0 Å². The Bertz CT molecular complexity index is 822. The second-order valence-corrected chi connectivity index (χ2v) is 6.96. The van der Waals surface area contributed by atoms with E-state index in [4.69, 9.17) is 25.8 Å². The minimum atomic E-state index is -0.345. The Labute approximate surface area is 161 Å². The lowest BCUT2D eigenvalue weighted by Crippen LogP contribution is -2.09. The molecule has 0 radical (unpaired) electrons. The van der Waals surface area contributed by atoms with Gasteiger partial charge in [0.2, 0.25) is 6.79 Å². The molecule has 26 heavy (non-hydrogen) atoms. The van der Waals surface area contributed by atoms with E-state index in [0.29, 0.717) is 47.4 Å². The predicted octanol–water partition coefficient (Wildman–Crippen LogP) is 4.16. The lowest BCUT2D eigenvalue weighted by atomic mass is 10.1. The molecule has 0 amide bonds. The third-order valence-electron chi connectivity index (χ3n) is 4.01. The number of aromatic nitrogens is 2. The maximum absolute atomic E-state index is 12.6. The number of halogens is 1. The largest absolute Gasteiger partial charge is 0.462 e. The van der Waals surface area contributed by atoms with Gasteiger partial charge in [-0.2, -0.15) is 5.10 Å². The van der Waals surface area contributed by atoms with E-state index in [1.165, 1.54) is 11.8 Å². The number of benzene rings is 1. The van der Waals surface area contributed by atoms with Crippen LogP contribution in [0.2, 0.25) is 5.02 Å². The van der Waals surface area contributed by atoms with Gasteiger partial charge in [0.15, 0.2) is 11.5 Å². The third-order valence-corrected chi connectivity index (χ3v) is 5.17. The fraction of sp³-hybridized carbons (Fsp3) is 0.444. The average Bonchev–Trinajstić information content (AvgIpc) is 3.23. The first-order valence-corrected chi connectivity index (χ1v) is 10.1. The van der Waals surface area contributed by atoms with Crippen molar-refractivity contribution in [1.29, 1.82) is 0 Å². The van der Waals surface area contributed by atoms with Gasteiger partial charge < -0.3 is 14.2 Å². The summed E-state index contributed by atoms with van der Waals surface area (Å²) >= 11 is 7.88. The molecule has 0 unspecified atom stereocenters. The molecule has 0 aliphatic carbocycles. The molecule has 6 nitrogen and oxygen atoms in total. The topological polar surface area (TPSA) is 62.6 Å². The summed E-state index contributed by atoms with van der Waals surface area (Å²) in [4.78, 5) is 12.6. The lowest BCUT2D eigenvalue weighted by Gasteiger charge is -2.08. The fourth-order valence-corrected chi connectivity index (χ4v) is 3.79. The third kappa shape index (κ3) is 3.64. The van der Waals surface area contributed by atoms with Crippen LogP contribution < -0.4 is 9.47 Å². The standard InChI is InChI=1S/C18H21ClN2O4S/c1-4-6-23-18(22)16-13(20-21(5-2)17(16)26-3)7-11-8-14-15(9-12(11)19)25-10-24-14/h8-9H,4-7,10H2,1-3H3. The molecule has 140 valence electrons. The number of fused-ring (bicyclic) bond motifs is 1. The molecular formula is C18H21ClN2O4S. The highest BCUT2D eigenvalue weighted by Gasteiger charge is 2.26. The van der Waals surface area contributed by atoms with E-state index < -0.39 is 0 Å². The van der Waals surface area contributed by atoms with Gasteiger partial charge in [0, 0.05) is 24.1 Å². The summed E-state index contributed by atoms with van der Waals surface area (Å²) in [7, 11) is 0. The fourth-order valence-electron chi connectivity index (χ4n) is 2.79.